The number of halogens is 3. The predicted molar refractivity (Wildman–Crippen MR) is 148 cm³/mol. The average molecular weight is 551 g/mol. The Morgan fingerprint density at radius 2 is 2.03 bits per heavy atom. The van der Waals surface area contributed by atoms with Gasteiger partial charge in [-0.2, -0.15) is 0 Å². The van der Waals surface area contributed by atoms with Crippen LogP contribution in [-0.4, -0.2) is 52.9 Å². The van der Waals surface area contributed by atoms with Gasteiger partial charge in [0.05, 0.1) is 15.9 Å². The smallest absolute Gasteiger partial charge is 0.251 e. The number of hydrogen-bond donors (Lipinski definition) is 2. The van der Waals surface area contributed by atoms with Crippen LogP contribution in [0.3, 0.4) is 0 Å². The van der Waals surface area contributed by atoms with E-state index in [0.29, 0.717) is 16.8 Å². The molecule has 0 radical (unpaired) electrons. The van der Waals surface area contributed by atoms with Crippen LogP contribution in [0, 0.1) is 5.82 Å². The number of thiazole rings is 1. The van der Waals surface area contributed by atoms with Crippen LogP contribution >= 0.6 is 36.2 Å². The van der Waals surface area contributed by atoms with Gasteiger partial charge in [-0.25, -0.2) is 9.37 Å². The summed E-state index contributed by atoms with van der Waals surface area (Å²) in [6.07, 6.45) is 6.18. The summed E-state index contributed by atoms with van der Waals surface area (Å²) in [5.41, 5.74) is 3.77. The molecule has 2 aromatic heterocycles. The molecule has 0 bridgehead atoms. The van der Waals surface area contributed by atoms with E-state index in [1.165, 1.54) is 11.3 Å². The number of likely N-dealkylation sites (N-methyl/N-ethyl adjacent to an activating group) is 1. The number of aromatic nitrogens is 2. The number of amides is 1. The number of carbonyl (C=O) groups is 1. The lowest BCUT2D eigenvalue weighted by molar-refractivity contribution is 0.0912. The van der Waals surface area contributed by atoms with Gasteiger partial charge < -0.3 is 15.5 Å². The molecule has 0 saturated carbocycles. The Morgan fingerprint density at radius 1 is 1.17 bits per heavy atom. The van der Waals surface area contributed by atoms with Crippen molar-refractivity contribution in [3.8, 4) is 11.3 Å². The highest BCUT2D eigenvalue weighted by molar-refractivity contribution is 7.23. The molecule has 2 saturated heterocycles. The summed E-state index contributed by atoms with van der Waals surface area (Å²) in [4.78, 5) is 20.6. The number of piperidine rings is 1. The van der Waals surface area contributed by atoms with E-state index in [2.05, 4.69) is 22.6 Å². The number of likely N-dealkylation sites (tertiary alicyclic amines) is 1. The van der Waals surface area contributed by atoms with E-state index in [-0.39, 0.29) is 48.6 Å². The van der Waals surface area contributed by atoms with Crippen molar-refractivity contribution < 1.29 is 9.18 Å². The maximum atomic E-state index is 15.0. The standard InChI is InChI=1S/C26H28FN5OS.2ClH/c1-31-11-3-4-18(14-31)29-25(33)17-7-9-23-24(13-17)34-26-30-22(15-32(23)26)19-8-6-16(12-20(19)27)21-5-2-10-28-21;;/h6-9,12-13,15,18,21,28H,2-5,10-11,14H2,1H3,(H,29,33);2*1H/t18-,21?;;/m0../s1. The van der Waals surface area contributed by atoms with Crippen LogP contribution in [0.4, 0.5) is 4.39 Å². The first kappa shape index (κ1) is 26.8. The second-order valence-electron chi connectivity index (χ2n) is 9.53. The van der Waals surface area contributed by atoms with E-state index >= 15 is 0 Å². The van der Waals surface area contributed by atoms with Gasteiger partial charge in [-0.05, 0) is 81.7 Å². The maximum Gasteiger partial charge on any atom is 0.251 e. The largest absolute Gasteiger partial charge is 0.348 e. The topological polar surface area (TPSA) is 61.7 Å². The fourth-order valence-electron chi connectivity index (χ4n) is 5.25. The molecule has 1 amide bonds. The predicted octanol–water partition coefficient (Wildman–Crippen LogP) is 5.45. The fourth-order valence-corrected chi connectivity index (χ4v) is 6.30. The van der Waals surface area contributed by atoms with E-state index in [4.69, 9.17) is 4.98 Å². The SMILES string of the molecule is CN1CCC[C@H](NC(=O)c2ccc3c(c2)sc2nc(-c4ccc(C5CCCN5)cc4F)cn23)C1.Cl.Cl. The van der Waals surface area contributed by atoms with Crippen molar-refractivity contribution in [2.24, 2.45) is 0 Å². The Balaban J connectivity index is 0.00000152. The molecule has 2 aromatic carbocycles. The Labute approximate surface area is 226 Å². The first-order chi connectivity index (χ1) is 16.5. The van der Waals surface area contributed by atoms with E-state index in [1.54, 1.807) is 6.07 Å². The summed E-state index contributed by atoms with van der Waals surface area (Å²) in [5.74, 6) is -0.276. The lowest BCUT2D eigenvalue weighted by Crippen LogP contribution is -2.46. The molecule has 4 heterocycles. The third kappa shape index (κ3) is 5.10. The summed E-state index contributed by atoms with van der Waals surface area (Å²) in [6.45, 7) is 2.96. The zero-order chi connectivity index (χ0) is 23.2. The summed E-state index contributed by atoms with van der Waals surface area (Å²) < 4.78 is 18.0. The second-order valence-corrected chi connectivity index (χ2v) is 10.5. The molecule has 36 heavy (non-hydrogen) atoms. The zero-order valence-electron chi connectivity index (χ0n) is 20.0. The summed E-state index contributed by atoms with van der Waals surface area (Å²) in [6, 6.07) is 11.7. The van der Waals surface area contributed by atoms with Crippen LogP contribution in [-0.2, 0) is 0 Å². The molecule has 4 aromatic rings. The number of carbonyl (C=O) groups excluding carboxylic acids is 1. The van der Waals surface area contributed by atoms with Gasteiger partial charge in [0.2, 0.25) is 0 Å². The van der Waals surface area contributed by atoms with Crippen LogP contribution in [0.25, 0.3) is 26.4 Å². The van der Waals surface area contributed by atoms with Crippen molar-refractivity contribution in [2.45, 2.75) is 37.8 Å². The van der Waals surface area contributed by atoms with Crippen molar-refractivity contribution in [2.75, 3.05) is 26.7 Å². The van der Waals surface area contributed by atoms with E-state index < -0.39 is 0 Å². The highest BCUT2D eigenvalue weighted by Gasteiger charge is 2.21. The van der Waals surface area contributed by atoms with E-state index in [1.807, 2.05) is 40.9 Å². The van der Waals surface area contributed by atoms with E-state index in [9.17, 15) is 9.18 Å². The number of nitrogens with zero attached hydrogens (tertiary/aromatic N) is 3. The van der Waals surface area contributed by atoms with Crippen molar-refractivity contribution in [1.29, 1.82) is 0 Å². The highest BCUT2D eigenvalue weighted by Crippen LogP contribution is 2.32. The molecule has 2 fully saturated rings. The summed E-state index contributed by atoms with van der Waals surface area (Å²) in [5, 5.41) is 6.59. The van der Waals surface area contributed by atoms with Gasteiger partial charge in [-0.1, -0.05) is 17.4 Å². The molecule has 10 heteroatoms. The van der Waals surface area contributed by atoms with Crippen molar-refractivity contribution in [1.82, 2.24) is 24.9 Å². The molecule has 6 nitrogen and oxygen atoms in total. The fraction of sp³-hybridized carbons (Fsp3) is 0.385. The molecule has 6 rings (SSSR count). The quantitative estimate of drug-likeness (QED) is 0.355. The van der Waals surface area contributed by atoms with Gasteiger partial charge in [0.15, 0.2) is 4.96 Å². The third-order valence-electron chi connectivity index (χ3n) is 7.05. The first-order valence-corrected chi connectivity index (χ1v) is 12.8. The van der Waals surface area contributed by atoms with Crippen LogP contribution in [0.2, 0.25) is 0 Å². The van der Waals surface area contributed by atoms with Gasteiger partial charge in [0.1, 0.15) is 5.82 Å². The van der Waals surface area contributed by atoms with Gasteiger partial charge in [0.25, 0.3) is 5.91 Å². The normalized spacial score (nSPS) is 20.3. The minimum absolute atomic E-state index is 0. The van der Waals surface area contributed by atoms with E-state index in [0.717, 1.165) is 66.1 Å². The molecule has 2 aliphatic heterocycles. The molecule has 0 spiro atoms. The molecular formula is C26H30Cl2FN5OS. The highest BCUT2D eigenvalue weighted by atomic mass is 35.5. The number of nitrogens with one attached hydrogen (secondary N) is 2. The number of benzene rings is 2. The zero-order valence-corrected chi connectivity index (χ0v) is 22.4. The number of fused-ring (bicyclic) bond motifs is 3. The van der Waals surface area contributed by atoms with Gasteiger partial charge in [0, 0.05) is 36.0 Å². The third-order valence-corrected chi connectivity index (χ3v) is 8.07. The van der Waals surface area contributed by atoms with Crippen molar-refractivity contribution in [3.63, 3.8) is 0 Å². The lowest BCUT2D eigenvalue weighted by atomic mass is 10.0. The summed E-state index contributed by atoms with van der Waals surface area (Å²) in [7, 11) is 2.09. The average Bonchev–Trinajstić information content (AvgIpc) is 3.55. The van der Waals surface area contributed by atoms with Crippen molar-refractivity contribution in [3.05, 3.63) is 59.5 Å². The number of rotatable bonds is 4. The van der Waals surface area contributed by atoms with Gasteiger partial charge in [-0.15, -0.1) is 24.8 Å². The molecule has 2 aliphatic rings. The monoisotopic (exact) mass is 549 g/mol. The Kier molecular flexibility index (Phi) is 8.22. The summed E-state index contributed by atoms with van der Waals surface area (Å²) >= 11 is 1.52. The van der Waals surface area contributed by atoms with Crippen LogP contribution in [0.1, 0.15) is 47.6 Å². The Bertz CT molecular complexity index is 1380. The first-order valence-electron chi connectivity index (χ1n) is 12.0. The Hall–Kier alpha value is -2.23. The lowest BCUT2D eigenvalue weighted by Gasteiger charge is -2.30. The molecular weight excluding hydrogens is 520 g/mol. The molecule has 1 unspecified atom stereocenters. The number of imidazole rings is 1. The molecule has 192 valence electrons. The maximum absolute atomic E-state index is 15.0. The molecule has 0 aliphatic carbocycles. The van der Waals surface area contributed by atoms with Crippen molar-refractivity contribution >= 4 is 57.2 Å². The minimum atomic E-state index is -0.242. The number of hydrogen-bond acceptors (Lipinski definition) is 5. The van der Waals surface area contributed by atoms with Gasteiger partial charge in [-0.3, -0.25) is 9.20 Å². The Morgan fingerprint density at radius 3 is 2.78 bits per heavy atom. The second kappa shape index (κ2) is 11.0. The minimum Gasteiger partial charge on any atom is -0.348 e. The van der Waals surface area contributed by atoms with Crippen LogP contribution in [0.15, 0.2) is 42.6 Å². The molecule has 2 N–H and O–H groups in total. The van der Waals surface area contributed by atoms with Crippen LogP contribution < -0.4 is 10.6 Å². The van der Waals surface area contributed by atoms with Crippen LogP contribution in [0.5, 0.6) is 0 Å². The van der Waals surface area contributed by atoms with Gasteiger partial charge >= 0.3 is 0 Å². The molecule has 2 atom stereocenters.